The van der Waals surface area contributed by atoms with Crippen LogP contribution in [0.4, 0.5) is 5.69 Å². The number of carbonyl (C=O) groups excluding carboxylic acids is 1. The maximum absolute atomic E-state index is 12.2. The number of nitrogens with one attached hydrogen (secondary N) is 1. The molecule has 4 rings (SSSR count). The van der Waals surface area contributed by atoms with Crippen LogP contribution in [0, 0.1) is 16.0 Å². The first-order valence-electron chi connectivity index (χ1n) is 10.6. The Labute approximate surface area is 184 Å². The smallest absolute Gasteiger partial charge is 0.336 e. The van der Waals surface area contributed by atoms with Gasteiger partial charge in [-0.1, -0.05) is 6.92 Å². The van der Waals surface area contributed by atoms with E-state index in [1.165, 1.54) is 18.2 Å². The van der Waals surface area contributed by atoms with E-state index in [0.717, 1.165) is 25.7 Å². The van der Waals surface area contributed by atoms with E-state index in [-0.39, 0.29) is 24.2 Å². The van der Waals surface area contributed by atoms with Crippen molar-refractivity contribution in [3.8, 4) is 16.9 Å². The summed E-state index contributed by atoms with van der Waals surface area (Å²) in [7, 11) is 0. The normalized spacial score (nSPS) is 18.3. The van der Waals surface area contributed by atoms with Gasteiger partial charge in [-0.2, -0.15) is 0 Å². The Kier molecular flexibility index (Phi) is 6.20. The molecule has 0 saturated heterocycles. The first kappa shape index (κ1) is 21.5. The molecule has 32 heavy (non-hydrogen) atoms. The van der Waals surface area contributed by atoms with E-state index in [4.69, 9.17) is 9.15 Å². The Morgan fingerprint density at radius 2 is 1.84 bits per heavy atom. The van der Waals surface area contributed by atoms with Gasteiger partial charge in [0.15, 0.2) is 6.61 Å². The molecular formula is C24H24N2O6. The number of benzene rings is 2. The Hall–Kier alpha value is -3.68. The summed E-state index contributed by atoms with van der Waals surface area (Å²) in [4.78, 5) is 34.7. The van der Waals surface area contributed by atoms with E-state index in [1.54, 1.807) is 30.3 Å². The molecule has 1 fully saturated rings. The van der Waals surface area contributed by atoms with Crippen LogP contribution in [-0.4, -0.2) is 23.5 Å². The molecule has 0 radical (unpaired) electrons. The third-order valence-electron chi connectivity index (χ3n) is 5.86. The number of carbonyl (C=O) groups is 1. The van der Waals surface area contributed by atoms with Crippen LogP contribution in [0.3, 0.4) is 0 Å². The number of rotatable bonds is 6. The molecule has 2 aromatic carbocycles. The highest BCUT2D eigenvalue weighted by Crippen LogP contribution is 2.30. The van der Waals surface area contributed by atoms with E-state index in [2.05, 4.69) is 12.2 Å². The van der Waals surface area contributed by atoms with Crippen molar-refractivity contribution in [2.75, 3.05) is 6.61 Å². The van der Waals surface area contributed by atoms with Crippen molar-refractivity contribution < 1.29 is 18.9 Å². The lowest BCUT2D eigenvalue weighted by molar-refractivity contribution is -0.384. The molecular weight excluding hydrogens is 412 g/mol. The molecule has 0 atom stereocenters. The second-order valence-electron chi connectivity index (χ2n) is 8.25. The largest absolute Gasteiger partial charge is 0.484 e. The summed E-state index contributed by atoms with van der Waals surface area (Å²) >= 11 is 0. The lowest BCUT2D eigenvalue weighted by Crippen LogP contribution is -2.39. The molecule has 0 aliphatic heterocycles. The third kappa shape index (κ3) is 4.96. The zero-order valence-electron chi connectivity index (χ0n) is 17.7. The van der Waals surface area contributed by atoms with Crippen LogP contribution < -0.4 is 15.7 Å². The van der Waals surface area contributed by atoms with Crippen LogP contribution in [0.1, 0.15) is 32.6 Å². The van der Waals surface area contributed by atoms with Crippen LogP contribution in [0.25, 0.3) is 22.1 Å². The summed E-state index contributed by atoms with van der Waals surface area (Å²) in [5.74, 6) is 0.946. The molecule has 1 aliphatic carbocycles. The molecule has 1 heterocycles. The number of fused-ring (bicyclic) bond motifs is 1. The van der Waals surface area contributed by atoms with E-state index in [0.29, 0.717) is 33.8 Å². The Morgan fingerprint density at radius 1 is 1.12 bits per heavy atom. The molecule has 1 aromatic heterocycles. The van der Waals surface area contributed by atoms with Crippen molar-refractivity contribution in [3.05, 3.63) is 69.1 Å². The van der Waals surface area contributed by atoms with Crippen LogP contribution in [0.2, 0.25) is 0 Å². The number of nitro benzene ring substituents is 1. The molecule has 0 spiro atoms. The van der Waals surface area contributed by atoms with Gasteiger partial charge in [0, 0.05) is 35.7 Å². The van der Waals surface area contributed by atoms with Crippen LogP contribution in [0.15, 0.2) is 57.7 Å². The molecule has 3 aromatic rings. The van der Waals surface area contributed by atoms with Crippen LogP contribution >= 0.6 is 0 Å². The summed E-state index contributed by atoms with van der Waals surface area (Å²) in [5, 5.41) is 14.6. The molecule has 1 saturated carbocycles. The van der Waals surface area contributed by atoms with E-state index in [1.807, 2.05) is 0 Å². The summed E-state index contributed by atoms with van der Waals surface area (Å²) in [6, 6.07) is 12.5. The van der Waals surface area contributed by atoms with Crippen molar-refractivity contribution in [1.82, 2.24) is 5.32 Å². The van der Waals surface area contributed by atoms with Gasteiger partial charge >= 0.3 is 5.63 Å². The van der Waals surface area contributed by atoms with Gasteiger partial charge in [-0.05, 0) is 67.0 Å². The van der Waals surface area contributed by atoms with Gasteiger partial charge in [-0.25, -0.2) is 4.79 Å². The number of non-ortho nitro benzene ring substituents is 1. The lowest BCUT2D eigenvalue weighted by atomic mass is 9.87. The van der Waals surface area contributed by atoms with E-state index >= 15 is 0 Å². The minimum absolute atomic E-state index is 0.0299. The molecule has 1 amide bonds. The molecule has 8 nitrogen and oxygen atoms in total. The zero-order valence-corrected chi connectivity index (χ0v) is 17.7. The van der Waals surface area contributed by atoms with Crippen LogP contribution in [-0.2, 0) is 4.79 Å². The summed E-state index contributed by atoms with van der Waals surface area (Å²) in [6.07, 6.45) is 4.21. The first-order valence-corrected chi connectivity index (χ1v) is 10.6. The van der Waals surface area contributed by atoms with Gasteiger partial charge in [0.2, 0.25) is 0 Å². The monoisotopic (exact) mass is 436 g/mol. The van der Waals surface area contributed by atoms with Crippen molar-refractivity contribution >= 4 is 22.6 Å². The average Bonchev–Trinajstić information content (AvgIpc) is 2.78. The zero-order chi connectivity index (χ0) is 22.7. The number of ether oxygens (including phenoxy) is 1. The predicted molar refractivity (Wildman–Crippen MR) is 120 cm³/mol. The molecule has 1 N–H and O–H groups in total. The lowest BCUT2D eigenvalue weighted by Gasteiger charge is -2.26. The van der Waals surface area contributed by atoms with Crippen molar-refractivity contribution in [2.24, 2.45) is 5.92 Å². The van der Waals surface area contributed by atoms with Gasteiger partial charge in [-0.15, -0.1) is 0 Å². The van der Waals surface area contributed by atoms with Gasteiger partial charge in [0.05, 0.1) is 4.92 Å². The maximum atomic E-state index is 12.2. The highest BCUT2D eigenvalue weighted by Gasteiger charge is 2.20. The van der Waals surface area contributed by atoms with Gasteiger partial charge < -0.3 is 14.5 Å². The van der Waals surface area contributed by atoms with Crippen molar-refractivity contribution in [1.29, 1.82) is 0 Å². The number of amides is 1. The van der Waals surface area contributed by atoms with E-state index in [9.17, 15) is 19.7 Å². The molecule has 0 bridgehead atoms. The summed E-state index contributed by atoms with van der Waals surface area (Å²) in [5.41, 5.74) is 0.986. The maximum Gasteiger partial charge on any atom is 0.336 e. The minimum atomic E-state index is -0.549. The van der Waals surface area contributed by atoms with Gasteiger partial charge in [-0.3, -0.25) is 14.9 Å². The fraction of sp³-hybridized carbons (Fsp3) is 0.333. The molecule has 166 valence electrons. The summed E-state index contributed by atoms with van der Waals surface area (Å²) < 4.78 is 10.9. The number of hydrogen-bond acceptors (Lipinski definition) is 6. The minimum Gasteiger partial charge on any atom is -0.484 e. The summed E-state index contributed by atoms with van der Waals surface area (Å²) in [6.45, 7) is 2.11. The second-order valence-corrected chi connectivity index (χ2v) is 8.25. The SMILES string of the molecule is CC1CCC(NC(=O)COc2ccc3c(-c4ccc([N+](=O)[O-])cc4)cc(=O)oc3c2)CC1. The molecule has 1 aliphatic rings. The van der Waals surface area contributed by atoms with Crippen LogP contribution in [0.5, 0.6) is 5.75 Å². The second kappa shape index (κ2) is 9.21. The fourth-order valence-electron chi connectivity index (χ4n) is 4.06. The quantitative estimate of drug-likeness (QED) is 0.347. The highest BCUT2D eigenvalue weighted by molar-refractivity contribution is 5.94. The standard InChI is InChI=1S/C24H24N2O6/c1-15-2-6-17(7-3-15)25-23(27)14-31-19-10-11-20-21(13-24(28)32-22(20)12-19)16-4-8-18(9-5-16)26(29)30/h4-5,8-13,15,17H,2-3,6-7,14H2,1H3,(H,25,27). The Morgan fingerprint density at radius 3 is 2.53 bits per heavy atom. The highest BCUT2D eigenvalue weighted by atomic mass is 16.6. The predicted octanol–water partition coefficient (Wildman–Crippen LogP) is 4.44. The Bertz CT molecular complexity index is 1190. The number of nitro groups is 1. The van der Waals surface area contributed by atoms with E-state index < -0.39 is 10.5 Å². The number of nitrogens with zero attached hydrogens (tertiary/aromatic N) is 1. The topological polar surface area (TPSA) is 112 Å². The average molecular weight is 436 g/mol. The van der Waals surface area contributed by atoms with Crippen molar-refractivity contribution in [2.45, 2.75) is 38.6 Å². The molecule has 0 unspecified atom stereocenters. The van der Waals surface area contributed by atoms with Crippen molar-refractivity contribution in [3.63, 3.8) is 0 Å². The third-order valence-corrected chi connectivity index (χ3v) is 5.86. The molecule has 8 heteroatoms. The fourth-order valence-corrected chi connectivity index (χ4v) is 4.06. The van der Waals surface area contributed by atoms with Gasteiger partial charge in [0.25, 0.3) is 11.6 Å². The van der Waals surface area contributed by atoms with Gasteiger partial charge in [0.1, 0.15) is 11.3 Å². The Balaban J connectivity index is 1.49. The first-order chi connectivity index (χ1) is 15.4. The number of hydrogen-bond donors (Lipinski definition) is 1.